The van der Waals surface area contributed by atoms with E-state index in [-0.39, 0.29) is 18.1 Å². The minimum absolute atomic E-state index is 0.0592. The van der Waals surface area contributed by atoms with Gasteiger partial charge in [0.25, 0.3) is 0 Å². The van der Waals surface area contributed by atoms with Gasteiger partial charge in [-0.05, 0) is 25.5 Å². The predicted octanol–water partition coefficient (Wildman–Crippen LogP) is 0.578. The van der Waals surface area contributed by atoms with E-state index in [4.69, 9.17) is 0 Å². The number of carbonyl (C=O) groups excluding carboxylic acids is 1. The molecule has 6 nitrogen and oxygen atoms in total. The lowest BCUT2D eigenvalue weighted by Crippen LogP contribution is -2.33. The van der Waals surface area contributed by atoms with Crippen LogP contribution in [0.15, 0.2) is 41.3 Å². The van der Waals surface area contributed by atoms with E-state index in [1.54, 1.807) is 24.4 Å². The number of fused-ring (bicyclic) bond motifs is 1. The molecule has 19 heavy (non-hydrogen) atoms. The Bertz CT molecular complexity index is 654. The van der Waals surface area contributed by atoms with Crippen molar-refractivity contribution in [2.24, 2.45) is 0 Å². The Morgan fingerprint density at radius 2 is 2.32 bits per heavy atom. The molecule has 0 aliphatic rings. The van der Waals surface area contributed by atoms with Crippen molar-refractivity contribution in [1.82, 2.24) is 19.5 Å². The third-order valence-electron chi connectivity index (χ3n) is 2.65. The molecule has 0 spiro atoms. The number of nitrogens with one attached hydrogen (secondary N) is 1. The molecule has 0 saturated carbocycles. The molecule has 1 amide bonds. The average Bonchev–Trinajstić information content (AvgIpc) is 2.72. The first-order valence-electron chi connectivity index (χ1n) is 6.14. The molecule has 6 heteroatoms. The van der Waals surface area contributed by atoms with Crippen LogP contribution in [0.3, 0.4) is 0 Å². The number of aromatic nitrogens is 3. The Morgan fingerprint density at radius 1 is 1.47 bits per heavy atom. The van der Waals surface area contributed by atoms with E-state index in [2.05, 4.69) is 10.4 Å². The van der Waals surface area contributed by atoms with Gasteiger partial charge in [-0.25, -0.2) is 9.48 Å². The van der Waals surface area contributed by atoms with Crippen molar-refractivity contribution in [3.05, 3.63) is 47.0 Å². The van der Waals surface area contributed by atoms with Gasteiger partial charge < -0.3 is 5.32 Å². The van der Waals surface area contributed by atoms with Crippen LogP contribution in [-0.4, -0.2) is 26.6 Å². The van der Waals surface area contributed by atoms with Crippen molar-refractivity contribution in [2.75, 3.05) is 6.54 Å². The van der Waals surface area contributed by atoms with Crippen molar-refractivity contribution >= 4 is 11.6 Å². The molecular weight excluding hydrogens is 244 g/mol. The Labute approximate surface area is 110 Å². The quantitative estimate of drug-likeness (QED) is 0.631. The smallest absolute Gasteiger partial charge is 0.350 e. The fourth-order valence-electron chi connectivity index (χ4n) is 1.72. The lowest BCUT2D eigenvalue weighted by molar-refractivity contribution is -0.121. The van der Waals surface area contributed by atoms with Crippen molar-refractivity contribution in [3.63, 3.8) is 0 Å². The van der Waals surface area contributed by atoms with Crippen LogP contribution in [0, 0.1) is 0 Å². The Balaban J connectivity index is 2.03. The molecule has 2 aromatic rings. The van der Waals surface area contributed by atoms with E-state index in [9.17, 15) is 9.59 Å². The fourth-order valence-corrected chi connectivity index (χ4v) is 1.72. The highest BCUT2D eigenvalue weighted by Crippen LogP contribution is 1.94. The molecule has 0 aliphatic carbocycles. The number of pyridine rings is 1. The summed E-state index contributed by atoms with van der Waals surface area (Å²) in [4.78, 5) is 23.6. The minimum atomic E-state index is -0.306. The molecule has 100 valence electrons. The number of allylic oxidation sites excluding steroid dienone is 1. The normalized spacial score (nSPS) is 11.2. The molecule has 0 aliphatic heterocycles. The summed E-state index contributed by atoms with van der Waals surface area (Å²) >= 11 is 0. The zero-order chi connectivity index (χ0) is 13.7. The van der Waals surface area contributed by atoms with E-state index in [1.807, 2.05) is 19.1 Å². The van der Waals surface area contributed by atoms with Crippen LogP contribution < -0.4 is 11.0 Å². The van der Waals surface area contributed by atoms with Crippen molar-refractivity contribution < 1.29 is 4.79 Å². The largest absolute Gasteiger partial charge is 0.354 e. The first-order valence-corrected chi connectivity index (χ1v) is 6.14. The van der Waals surface area contributed by atoms with Crippen LogP contribution in [0.5, 0.6) is 0 Å². The first-order chi connectivity index (χ1) is 9.22. The zero-order valence-electron chi connectivity index (χ0n) is 10.7. The number of amides is 1. The van der Waals surface area contributed by atoms with Crippen molar-refractivity contribution in [1.29, 1.82) is 0 Å². The van der Waals surface area contributed by atoms with Gasteiger partial charge in [-0.15, -0.1) is 5.10 Å². The summed E-state index contributed by atoms with van der Waals surface area (Å²) in [7, 11) is 0. The highest BCUT2D eigenvalue weighted by molar-refractivity contribution is 5.75. The van der Waals surface area contributed by atoms with E-state index >= 15 is 0 Å². The molecular formula is C13H16N4O2. The molecule has 0 radical (unpaired) electrons. The number of hydrogen-bond donors (Lipinski definition) is 1. The van der Waals surface area contributed by atoms with Gasteiger partial charge in [0, 0.05) is 12.7 Å². The van der Waals surface area contributed by atoms with E-state index in [0.717, 1.165) is 6.42 Å². The monoisotopic (exact) mass is 260 g/mol. The van der Waals surface area contributed by atoms with Crippen molar-refractivity contribution in [3.8, 4) is 0 Å². The standard InChI is InChI=1S/C13H16N4O2/c1-2-3-5-8-14-12(18)10-17-13(19)16-9-6-4-7-11(16)15-17/h2-4,6-7,9H,5,8,10H2,1H3,(H,14,18)/b3-2+. The van der Waals surface area contributed by atoms with Gasteiger partial charge in [0.1, 0.15) is 6.54 Å². The van der Waals surface area contributed by atoms with Crippen LogP contribution >= 0.6 is 0 Å². The number of hydrogen-bond acceptors (Lipinski definition) is 3. The number of nitrogens with zero attached hydrogens (tertiary/aromatic N) is 3. The molecule has 1 N–H and O–H groups in total. The SMILES string of the molecule is C/C=C/CCNC(=O)Cn1nc2ccccn2c1=O. The lowest BCUT2D eigenvalue weighted by atomic mass is 10.4. The summed E-state index contributed by atoms with van der Waals surface area (Å²) in [5.74, 6) is -0.213. The molecule has 0 saturated heterocycles. The zero-order valence-corrected chi connectivity index (χ0v) is 10.7. The molecule has 2 rings (SSSR count). The highest BCUT2D eigenvalue weighted by Gasteiger charge is 2.09. The summed E-state index contributed by atoms with van der Waals surface area (Å²) in [6.45, 7) is 2.43. The van der Waals surface area contributed by atoms with Gasteiger partial charge in [-0.3, -0.25) is 9.20 Å². The van der Waals surface area contributed by atoms with Gasteiger partial charge >= 0.3 is 5.69 Å². The van der Waals surface area contributed by atoms with Crippen LogP contribution in [0.4, 0.5) is 0 Å². The first kappa shape index (κ1) is 13.1. The molecule has 2 aromatic heterocycles. The molecule has 0 fully saturated rings. The minimum Gasteiger partial charge on any atom is -0.354 e. The lowest BCUT2D eigenvalue weighted by Gasteiger charge is -2.02. The van der Waals surface area contributed by atoms with Crippen LogP contribution in [0.25, 0.3) is 5.65 Å². The van der Waals surface area contributed by atoms with Crippen LogP contribution in [-0.2, 0) is 11.3 Å². The van der Waals surface area contributed by atoms with E-state index in [0.29, 0.717) is 12.2 Å². The number of rotatable bonds is 5. The Kier molecular flexibility index (Phi) is 4.12. The molecule has 0 atom stereocenters. The van der Waals surface area contributed by atoms with Crippen LogP contribution in [0.1, 0.15) is 13.3 Å². The maximum atomic E-state index is 11.9. The second-order valence-electron chi connectivity index (χ2n) is 4.08. The third-order valence-corrected chi connectivity index (χ3v) is 2.65. The van der Waals surface area contributed by atoms with Crippen LogP contribution in [0.2, 0.25) is 0 Å². The summed E-state index contributed by atoms with van der Waals surface area (Å²) in [6, 6.07) is 5.27. The predicted molar refractivity (Wildman–Crippen MR) is 71.9 cm³/mol. The van der Waals surface area contributed by atoms with E-state index < -0.39 is 0 Å². The maximum absolute atomic E-state index is 11.9. The summed E-state index contributed by atoms with van der Waals surface area (Å²) in [5.41, 5.74) is 0.230. The third kappa shape index (κ3) is 3.09. The van der Waals surface area contributed by atoms with Gasteiger partial charge in [0.15, 0.2) is 5.65 Å². The summed E-state index contributed by atoms with van der Waals surface area (Å²) < 4.78 is 2.58. The molecule has 0 unspecified atom stereocenters. The molecule has 2 heterocycles. The number of carbonyl (C=O) groups is 1. The summed E-state index contributed by atoms with van der Waals surface area (Å²) in [6.07, 6.45) is 6.31. The maximum Gasteiger partial charge on any atom is 0.350 e. The van der Waals surface area contributed by atoms with Gasteiger partial charge in [0.2, 0.25) is 5.91 Å². The summed E-state index contributed by atoms with van der Waals surface area (Å²) in [5, 5.41) is 6.83. The van der Waals surface area contributed by atoms with Gasteiger partial charge in [-0.1, -0.05) is 18.2 Å². The average molecular weight is 260 g/mol. The van der Waals surface area contributed by atoms with Crippen molar-refractivity contribution in [2.45, 2.75) is 19.9 Å². The Hall–Kier alpha value is -2.37. The molecule has 0 aromatic carbocycles. The topological polar surface area (TPSA) is 68.4 Å². The molecule has 0 bridgehead atoms. The second kappa shape index (κ2) is 5.99. The Morgan fingerprint density at radius 3 is 3.05 bits per heavy atom. The van der Waals surface area contributed by atoms with Gasteiger partial charge in [-0.2, -0.15) is 0 Å². The van der Waals surface area contributed by atoms with Gasteiger partial charge in [0.05, 0.1) is 0 Å². The fraction of sp³-hybridized carbons (Fsp3) is 0.308. The second-order valence-corrected chi connectivity index (χ2v) is 4.08. The van der Waals surface area contributed by atoms with E-state index in [1.165, 1.54) is 9.08 Å². The highest BCUT2D eigenvalue weighted by atomic mass is 16.2.